The molecule has 9 heteroatoms. The van der Waals surface area contributed by atoms with E-state index in [-0.39, 0.29) is 11.6 Å². The highest BCUT2D eigenvalue weighted by molar-refractivity contribution is 5.95. The molecule has 1 saturated carbocycles. The van der Waals surface area contributed by atoms with Crippen molar-refractivity contribution >= 4 is 23.4 Å². The van der Waals surface area contributed by atoms with Crippen LogP contribution < -0.4 is 10.2 Å². The number of amides is 3. The zero-order chi connectivity index (χ0) is 21.8. The number of hydrogen-bond donors (Lipinski definition) is 1. The van der Waals surface area contributed by atoms with E-state index in [0.717, 1.165) is 36.3 Å². The van der Waals surface area contributed by atoms with Crippen LogP contribution in [0.3, 0.4) is 0 Å². The first-order valence-electron chi connectivity index (χ1n) is 10.7. The van der Waals surface area contributed by atoms with Crippen molar-refractivity contribution in [3.8, 4) is 0 Å². The number of carbonyl (C=O) groups excluding carboxylic acids is 2. The Balaban J connectivity index is 1.31. The van der Waals surface area contributed by atoms with Gasteiger partial charge in [-0.25, -0.2) is 18.3 Å². The minimum Gasteiger partial charge on any atom is -0.324 e. The molecule has 1 aromatic carbocycles. The van der Waals surface area contributed by atoms with Crippen molar-refractivity contribution in [1.82, 2.24) is 14.7 Å². The van der Waals surface area contributed by atoms with E-state index in [1.807, 2.05) is 22.6 Å². The third kappa shape index (κ3) is 3.77. The number of piperidine rings is 1. The van der Waals surface area contributed by atoms with Gasteiger partial charge in [-0.15, -0.1) is 0 Å². The van der Waals surface area contributed by atoms with Gasteiger partial charge in [0, 0.05) is 37.5 Å². The summed E-state index contributed by atoms with van der Waals surface area (Å²) in [4.78, 5) is 29.2. The number of halogens is 2. The predicted octanol–water partition coefficient (Wildman–Crippen LogP) is 3.64. The number of anilines is 2. The van der Waals surface area contributed by atoms with Crippen molar-refractivity contribution in [3.63, 3.8) is 0 Å². The number of likely N-dealkylation sites (tertiary alicyclic amines) is 1. The van der Waals surface area contributed by atoms with Crippen molar-refractivity contribution < 1.29 is 18.4 Å². The van der Waals surface area contributed by atoms with E-state index in [1.54, 1.807) is 4.90 Å². The quantitative estimate of drug-likeness (QED) is 0.810. The van der Waals surface area contributed by atoms with Crippen LogP contribution in [0.4, 0.5) is 25.1 Å². The predicted molar refractivity (Wildman–Crippen MR) is 111 cm³/mol. The van der Waals surface area contributed by atoms with E-state index in [4.69, 9.17) is 5.10 Å². The van der Waals surface area contributed by atoms with Crippen LogP contribution in [0.25, 0.3) is 0 Å². The fourth-order valence-corrected chi connectivity index (χ4v) is 4.70. The molecule has 1 aliphatic carbocycles. The summed E-state index contributed by atoms with van der Waals surface area (Å²) in [5.41, 5.74) is 0.511. The van der Waals surface area contributed by atoms with Gasteiger partial charge >= 0.3 is 6.03 Å². The van der Waals surface area contributed by atoms with Gasteiger partial charge in [0.15, 0.2) is 0 Å². The first-order valence-corrected chi connectivity index (χ1v) is 10.7. The van der Waals surface area contributed by atoms with Crippen LogP contribution >= 0.6 is 0 Å². The number of fused-ring (bicyclic) bond motifs is 2. The van der Waals surface area contributed by atoms with Crippen LogP contribution in [0.5, 0.6) is 0 Å². The Morgan fingerprint density at radius 3 is 2.48 bits per heavy atom. The number of hydrogen-bond acceptors (Lipinski definition) is 3. The lowest BCUT2D eigenvalue weighted by molar-refractivity contribution is -0.122. The highest BCUT2D eigenvalue weighted by atomic mass is 19.1. The third-order valence-electron chi connectivity index (χ3n) is 6.55. The molecular formula is C22H25F2N5O2. The molecule has 1 aromatic heterocycles. The average molecular weight is 429 g/mol. The molecule has 0 atom stereocenters. The topological polar surface area (TPSA) is 70.5 Å². The summed E-state index contributed by atoms with van der Waals surface area (Å²) >= 11 is 0. The second-order valence-electron chi connectivity index (χ2n) is 8.98. The van der Waals surface area contributed by atoms with Gasteiger partial charge in [-0.1, -0.05) is 0 Å². The van der Waals surface area contributed by atoms with Crippen LogP contribution in [-0.2, 0) is 10.3 Å². The number of benzene rings is 1. The van der Waals surface area contributed by atoms with Gasteiger partial charge in [-0.2, -0.15) is 5.10 Å². The van der Waals surface area contributed by atoms with E-state index < -0.39 is 23.2 Å². The van der Waals surface area contributed by atoms with E-state index in [2.05, 4.69) is 5.32 Å². The van der Waals surface area contributed by atoms with Gasteiger partial charge in [0.2, 0.25) is 5.91 Å². The summed E-state index contributed by atoms with van der Waals surface area (Å²) in [6.07, 6.45) is 3.89. The highest BCUT2D eigenvalue weighted by Gasteiger charge is 2.47. The second kappa shape index (κ2) is 7.32. The Labute approximate surface area is 179 Å². The number of nitrogens with one attached hydrogen (secondary N) is 1. The molecule has 0 radical (unpaired) electrons. The Hall–Kier alpha value is -2.97. The molecule has 31 heavy (non-hydrogen) atoms. The van der Waals surface area contributed by atoms with Crippen LogP contribution in [0.15, 0.2) is 24.3 Å². The van der Waals surface area contributed by atoms with Gasteiger partial charge < -0.3 is 10.2 Å². The smallest absolute Gasteiger partial charge is 0.321 e. The molecule has 1 N–H and O–H groups in total. The molecule has 3 aliphatic rings. The van der Waals surface area contributed by atoms with Gasteiger partial charge in [0.1, 0.15) is 17.5 Å². The first kappa shape index (κ1) is 20.0. The molecule has 5 rings (SSSR count). The Morgan fingerprint density at radius 1 is 1.16 bits per heavy atom. The molecule has 2 fully saturated rings. The normalized spacial score (nSPS) is 20.2. The average Bonchev–Trinajstić information content (AvgIpc) is 3.43. The summed E-state index contributed by atoms with van der Waals surface area (Å²) in [6, 6.07) is 4.49. The Bertz CT molecular complexity index is 1020. The number of carbonyl (C=O) groups is 2. The molecule has 2 aromatic rings. The maximum atomic E-state index is 13.4. The fourth-order valence-electron chi connectivity index (χ4n) is 4.70. The van der Waals surface area contributed by atoms with Crippen LogP contribution in [0, 0.1) is 24.5 Å². The van der Waals surface area contributed by atoms with E-state index in [0.29, 0.717) is 38.3 Å². The van der Waals surface area contributed by atoms with Crippen molar-refractivity contribution in [2.75, 3.05) is 29.9 Å². The molecule has 7 nitrogen and oxygen atoms in total. The minimum atomic E-state index is -0.744. The van der Waals surface area contributed by atoms with Crippen LogP contribution in [-0.4, -0.2) is 46.3 Å². The molecule has 0 unspecified atom stereocenters. The van der Waals surface area contributed by atoms with Gasteiger partial charge in [0.05, 0.1) is 17.7 Å². The largest absolute Gasteiger partial charge is 0.324 e. The molecule has 2 aliphatic heterocycles. The minimum absolute atomic E-state index is 0.0799. The molecule has 1 saturated heterocycles. The van der Waals surface area contributed by atoms with Crippen molar-refractivity contribution in [2.45, 2.75) is 44.6 Å². The number of urea groups is 1. The fraction of sp³-hybridized carbons (Fsp3) is 0.500. The number of rotatable bonds is 3. The van der Waals surface area contributed by atoms with E-state index in [9.17, 15) is 18.4 Å². The van der Waals surface area contributed by atoms with Gasteiger partial charge in [0.25, 0.3) is 0 Å². The third-order valence-corrected chi connectivity index (χ3v) is 6.55. The maximum absolute atomic E-state index is 13.4. The van der Waals surface area contributed by atoms with Gasteiger partial charge in [-0.05, 0) is 50.7 Å². The standard InChI is InChI=1S/C22H25F2N5O2/c1-14-8-19-28(13-15-2-3-15)20(30)12-22(29(19)26-14)4-6-27(7-5-22)21(31)25-18-10-16(23)9-17(24)11-18/h8-11,15H,2-7,12-13H2,1H3,(H,25,31). The van der Waals surface area contributed by atoms with E-state index in [1.165, 1.54) is 12.8 Å². The number of nitrogens with zero attached hydrogens (tertiary/aromatic N) is 4. The zero-order valence-corrected chi connectivity index (χ0v) is 17.4. The zero-order valence-electron chi connectivity index (χ0n) is 17.4. The molecule has 1 spiro atoms. The number of aryl methyl sites for hydroxylation is 1. The Kier molecular flexibility index (Phi) is 4.71. The molecular weight excluding hydrogens is 404 g/mol. The summed E-state index contributed by atoms with van der Waals surface area (Å²) < 4.78 is 28.8. The maximum Gasteiger partial charge on any atom is 0.321 e. The summed E-state index contributed by atoms with van der Waals surface area (Å²) in [5.74, 6) is 0.0676. The highest BCUT2D eigenvalue weighted by Crippen LogP contribution is 2.43. The van der Waals surface area contributed by atoms with Crippen molar-refractivity contribution in [3.05, 3.63) is 41.6 Å². The van der Waals surface area contributed by atoms with Crippen molar-refractivity contribution in [1.29, 1.82) is 0 Å². The molecule has 164 valence electrons. The number of aromatic nitrogens is 2. The first-order chi connectivity index (χ1) is 14.8. The monoisotopic (exact) mass is 429 g/mol. The second-order valence-corrected chi connectivity index (χ2v) is 8.98. The lowest BCUT2D eigenvalue weighted by Gasteiger charge is -2.46. The van der Waals surface area contributed by atoms with Crippen LogP contribution in [0.1, 0.15) is 37.8 Å². The van der Waals surface area contributed by atoms with Gasteiger partial charge in [-0.3, -0.25) is 9.69 Å². The van der Waals surface area contributed by atoms with Crippen LogP contribution in [0.2, 0.25) is 0 Å². The lowest BCUT2D eigenvalue weighted by atomic mass is 9.82. The lowest BCUT2D eigenvalue weighted by Crippen LogP contribution is -2.55. The summed E-state index contributed by atoms with van der Waals surface area (Å²) in [7, 11) is 0. The van der Waals surface area contributed by atoms with E-state index >= 15 is 0 Å². The SMILES string of the molecule is Cc1cc2n(n1)C1(CCN(C(=O)Nc3cc(F)cc(F)c3)CC1)CC(=O)N2CC1CC1. The molecule has 3 heterocycles. The molecule has 0 bridgehead atoms. The molecule has 3 amide bonds. The van der Waals surface area contributed by atoms with Crippen molar-refractivity contribution in [2.24, 2.45) is 5.92 Å². The Morgan fingerprint density at radius 2 is 1.84 bits per heavy atom. The summed E-state index contributed by atoms with van der Waals surface area (Å²) in [6.45, 7) is 3.54. The summed E-state index contributed by atoms with van der Waals surface area (Å²) in [5, 5.41) is 7.28.